The number of anilines is 2. The molecule has 0 unspecified atom stereocenters. The first-order valence-corrected chi connectivity index (χ1v) is 9.34. The molecule has 6 nitrogen and oxygen atoms in total. The Kier molecular flexibility index (Phi) is 5.73. The lowest BCUT2D eigenvalue weighted by atomic mass is 10.1. The molecule has 1 amide bonds. The molecule has 1 aromatic heterocycles. The van der Waals surface area contributed by atoms with Crippen molar-refractivity contribution in [3.63, 3.8) is 0 Å². The Balaban J connectivity index is 1.82. The van der Waals surface area contributed by atoms with Gasteiger partial charge >= 0.3 is 0 Å². The largest absolute Gasteiger partial charge is 0.457 e. The van der Waals surface area contributed by atoms with Gasteiger partial charge in [-0.25, -0.2) is 4.98 Å². The molecule has 2 aromatic carbocycles. The van der Waals surface area contributed by atoms with E-state index in [0.717, 1.165) is 23.6 Å². The van der Waals surface area contributed by atoms with Crippen LogP contribution in [0.3, 0.4) is 0 Å². The van der Waals surface area contributed by atoms with Crippen LogP contribution in [0.15, 0.2) is 47.8 Å². The summed E-state index contributed by atoms with van der Waals surface area (Å²) < 4.78 is 6.04. The number of aromatic nitrogens is 1. The Morgan fingerprint density at radius 2 is 2.04 bits per heavy atom. The molecule has 0 atom stereocenters. The highest BCUT2D eigenvalue weighted by Gasteiger charge is 2.14. The van der Waals surface area contributed by atoms with Gasteiger partial charge in [0.25, 0.3) is 5.91 Å². The zero-order valence-corrected chi connectivity index (χ0v) is 16.3. The Labute approximate surface area is 162 Å². The van der Waals surface area contributed by atoms with Crippen LogP contribution in [-0.4, -0.2) is 29.9 Å². The highest BCUT2D eigenvalue weighted by molar-refractivity contribution is 7.13. The number of rotatable bonds is 6. The summed E-state index contributed by atoms with van der Waals surface area (Å²) >= 11 is 1.37. The number of ether oxygens (including phenoxy) is 1. The van der Waals surface area contributed by atoms with Crippen LogP contribution < -0.4 is 15.8 Å². The van der Waals surface area contributed by atoms with Crippen LogP contribution in [0.2, 0.25) is 0 Å². The predicted octanol–water partition coefficient (Wildman–Crippen LogP) is 4.14. The van der Waals surface area contributed by atoms with Crippen LogP contribution in [0.25, 0.3) is 0 Å². The maximum absolute atomic E-state index is 12.6. The van der Waals surface area contributed by atoms with E-state index in [1.165, 1.54) is 11.3 Å². The highest BCUT2D eigenvalue weighted by atomic mass is 32.1. The average Bonchev–Trinajstić information content (AvgIpc) is 3.02. The third-order valence-electron chi connectivity index (χ3n) is 3.80. The molecule has 0 aliphatic rings. The molecule has 140 valence electrons. The lowest BCUT2D eigenvalue weighted by molar-refractivity contribution is 0.102. The summed E-state index contributed by atoms with van der Waals surface area (Å²) in [4.78, 5) is 18.9. The number of carbonyl (C=O) groups is 1. The molecule has 0 bridgehead atoms. The smallest absolute Gasteiger partial charge is 0.259 e. The molecule has 27 heavy (non-hydrogen) atoms. The summed E-state index contributed by atoms with van der Waals surface area (Å²) in [6.45, 7) is 2.63. The highest BCUT2D eigenvalue weighted by Crippen LogP contribution is 2.29. The number of nitrogen functional groups attached to an aromatic ring is 1. The molecule has 0 saturated heterocycles. The Morgan fingerprint density at radius 3 is 2.74 bits per heavy atom. The molecule has 0 fully saturated rings. The van der Waals surface area contributed by atoms with E-state index in [4.69, 9.17) is 10.5 Å². The van der Waals surface area contributed by atoms with Gasteiger partial charge in [-0.05, 0) is 45.3 Å². The van der Waals surface area contributed by atoms with Crippen molar-refractivity contribution in [1.82, 2.24) is 9.88 Å². The van der Waals surface area contributed by atoms with E-state index in [1.54, 1.807) is 18.2 Å². The van der Waals surface area contributed by atoms with E-state index in [0.29, 0.717) is 22.1 Å². The molecule has 3 aromatic rings. The molecule has 0 spiro atoms. The maximum Gasteiger partial charge on any atom is 0.259 e. The van der Waals surface area contributed by atoms with Crippen molar-refractivity contribution < 1.29 is 9.53 Å². The molecule has 0 radical (unpaired) electrons. The van der Waals surface area contributed by atoms with Gasteiger partial charge < -0.3 is 15.4 Å². The van der Waals surface area contributed by atoms with Gasteiger partial charge in [-0.15, -0.1) is 11.3 Å². The quantitative estimate of drug-likeness (QED) is 0.626. The third-order valence-corrected chi connectivity index (χ3v) is 4.67. The van der Waals surface area contributed by atoms with E-state index < -0.39 is 0 Å². The second kappa shape index (κ2) is 8.20. The van der Waals surface area contributed by atoms with Crippen LogP contribution >= 0.6 is 11.3 Å². The minimum absolute atomic E-state index is 0.311. The van der Waals surface area contributed by atoms with Crippen LogP contribution in [0.5, 0.6) is 11.5 Å². The van der Waals surface area contributed by atoms with Gasteiger partial charge in [-0.1, -0.05) is 18.2 Å². The summed E-state index contributed by atoms with van der Waals surface area (Å²) in [6, 6.07) is 12.9. The standard InChI is InChI=1S/C20H22N4O2S/c1-13-12-27-20(22-13)23-19(25)16-10-15(8-9-17(16)21)26-18-7-5-4-6-14(18)11-24(2)3/h4-10,12H,11,21H2,1-3H3,(H,22,23,25). The monoisotopic (exact) mass is 382 g/mol. The Bertz CT molecular complexity index is 953. The number of thiazole rings is 1. The van der Waals surface area contributed by atoms with E-state index in [2.05, 4.69) is 15.2 Å². The van der Waals surface area contributed by atoms with E-state index in [9.17, 15) is 4.79 Å². The van der Waals surface area contributed by atoms with E-state index >= 15 is 0 Å². The average molecular weight is 382 g/mol. The first-order valence-electron chi connectivity index (χ1n) is 8.46. The molecule has 1 heterocycles. The van der Waals surface area contributed by atoms with Crippen molar-refractivity contribution in [1.29, 1.82) is 0 Å². The van der Waals surface area contributed by atoms with Crippen molar-refractivity contribution >= 4 is 28.1 Å². The van der Waals surface area contributed by atoms with Crippen molar-refractivity contribution in [2.45, 2.75) is 13.5 Å². The van der Waals surface area contributed by atoms with Crippen molar-refractivity contribution in [2.24, 2.45) is 0 Å². The fourth-order valence-corrected chi connectivity index (χ4v) is 3.26. The van der Waals surface area contributed by atoms with Gasteiger partial charge in [0.15, 0.2) is 5.13 Å². The molecule has 0 saturated carbocycles. The van der Waals surface area contributed by atoms with E-state index in [1.807, 2.05) is 50.7 Å². The number of carbonyl (C=O) groups excluding carboxylic acids is 1. The summed E-state index contributed by atoms with van der Waals surface area (Å²) in [5.41, 5.74) is 8.65. The number of hydrogen-bond donors (Lipinski definition) is 2. The molecule has 3 N–H and O–H groups in total. The molecular formula is C20H22N4O2S. The second-order valence-corrected chi connectivity index (χ2v) is 7.30. The number of benzene rings is 2. The Morgan fingerprint density at radius 1 is 1.26 bits per heavy atom. The van der Waals surface area contributed by atoms with Crippen molar-refractivity contribution in [3.05, 3.63) is 64.7 Å². The van der Waals surface area contributed by atoms with Crippen LogP contribution in [-0.2, 0) is 6.54 Å². The van der Waals surface area contributed by atoms with Gasteiger partial charge in [-0.3, -0.25) is 10.1 Å². The zero-order valence-electron chi connectivity index (χ0n) is 15.5. The van der Waals surface area contributed by atoms with Crippen LogP contribution in [0.4, 0.5) is 10.8 Å². The zero-order chi connectivity index (χ0) is 19.4. The maximum atomic E-state index is 12.6. The topological polar surface area (TPSA) is 80.5 Å². The summed E-state index contributed by atoms with van der Waals surface area (Å²) in [6.07, 6.45) is 0. The number of nitrogens with zero attached hydrogens (tertiary/aromatic N) is 2. The summed E-state index contributed by atoms with van der Waals surface area (Å²) in [5.74, 6) is 0.989. The predicted molar refractivity (Wildman–Crippen MR) is 110 cm³/mol. The van der Waals surface area contributed by atoms with Gasteiger partial charge in [0.05, 0.1) is 11.3 Å². The van der Waals surface area contributed by atoms with Gasteiger partial charge in [0.1, 0.15) is 11.5 Å². The van der Waals surface area contributed by atoms with Gasteiger partial charge in [-0.2, -0.15) is 0 Å². The first-order chi connectivity index (χ1) is 12.9. The fraction of sp³-hybridized carbons (Fsp3) is 0.200. The van der Waals surface area contributed by atoms with Gasteiger partial charge in [0, 0.05) is 23.2 Å². The molecular weight excluding hydrogens is 360 g/mol. The molecule has 0 aliphatic carbocycles. The second-order valence-electron chi connectivity index (χ2n) is 6.44. The number of nitrogens with one attached hydrogen (secondary N) is 1. The third kappa shape index (κ3) is 4.84. The molecule has 3 rings (SSSR count). The normalized spacial score (nSPS) is 10.8. The van der Waals surface area contributed by atoms with Gasteiger partial charge in [0.2, 0.25) is 0 Å². The summed E-state index contributed by atoms with van der Waals surface area (Å²) in [5, 5.41) is 5.19. The minimum Gasteiger partial charge on any atom is -0.457 e. The fourth-order valence-electron chi connectivity index (χ4n) is 2.57. The van der Waals surface area contributed by atoms with E-state index in [-0.39, 0.29) is 5.91 Å². The number of para-hydroxylation sites is 1. The Hall–Kier alpha value is -2.90. The number of amides is 1. The lowest BCUT2D eigenvalue weighted by Gasteiger charge is -2.15. The number of hydrogen-bond acceptors (Lipinski definition) is 6. The lowest BCUT2D eigenvalue weighted by Crippen LogP contribution is -2.14. The molecule has 0 aliphatic heterocycles. The molecule has 7 heteroatoms. The van der Waals surface area contributed by atoms with Crippen molar-refractivity contribution in [2.75, 3.05) is 25.1 Å². The summed E-state index contributed by atoms with van der Waals surface area (Å²) in [7, 11) is 4.01. The van der Waals surface area contributed by atoms with Crippen LogP contribution in [0.1, 0.15) is 21.6 Å². The number of aryl methyl sites for hydroxylation is 1. The van der Waals surface area contributed by atoms with Crippen LogP contribution in [0, 0.1) is 6.92 Å². The first kappa shape index (κ1) is 18.9. The SMILES string of the molecule is Cc1csc(NC(=O)c2cc(Oc3ccccc3CN(C)C)ccc2N)n1. The number of nitrogens with two attached hydrogens (primary N) is 1. The van der Waals surface area contributed by atoms with Crippen molar-refractivity contribution in [3.8, 4) is 11.5 Å². The minimum atomic E-state index is -0.311.